The molecule has 2 heterocycles. The van der Waals surface area contributed by atoms with Crippen molar-refractivity contribution in [2.24, 2.45) is 5.73 Å². The van der Waals surface area contributed by atoms with Gasteiger partial charge in [0, 0.05) is 30.2 Å². The van der Waals surface area contributed by atoms with Gasteiger partial charge in [0.05, 0.1) is 5.69 Å². The monoisotopic (exact) mass is 250 g/mol. The molecule has 1 fully saturated rings. The highest BCUT2D eigenvalue weighted by atomic mass is 15.2. The van der Waals surface area contributed by atoms with Crippen molar-refractivity contribution in [3.8, 4) is 0 Å². The first-order chi connectivity index (χ1) is 8.50. The van der Waals surface area contributed by atoms with Crippen LogP contribution in [0.4, 0.5) is 0 Å². The number of hydrogen-bond acceptors (Lipinski definition) is 3. The van der Waals surface area contributed by atoms with E-state index in [4.69, 9.17) is 5.73 Å². The minimum atomic E-state index is 0.115. The van der Waals surface area contributed by atoms with Crippen molar-refractivity contribution in [2.45, 2.75) is 58.0 Å². The quantitative estimate of drug-likeness (QED) is 0.863. The van der Waals surface area contributed by atoms with Gasteiger partial charge >= 0.3 is 0 Å². The summed E-state index contributed by atoms with van der Waals surface area (Å²) in [5.41, 5.74) is 8.32. The molecule has 0 spiro atoms. The third-order valence-corrected chi connectivity index (χ3v) is 3.79. The number of nitrogens with one attached hydrogen (secondary N) is 1. The number of aromatic nitrogens is 2. The average molecular weight is 250 g/mol. The fraction of sp³-hybridized carbons (Fsp3) is 0.786. The normalized spacial score (nSPS) is 22.3. The summed E-state index contributed by atoms with van der Waals surface area (Å²) in [7, 11) is 0. The van der Waals surface area contributed by atoms with Crippen LogP contribution in [0.25, 0.3) is 0 Å². The first-order valence-electron chi connectivity index (χ1n) is 6.99. The second kappa shape index (κ2) is 5.41. The van der Waals surface area contributed by atoms with Crippen LogP contribution in [0.1, 0.15) is 51.4 Å². The van der Waals surface area contributed by atoms with E-state index in [0.717, 1.165) is 25.3 Å². The van der Waals surface area contributed by atoms with Gasteiger partial charge in [-0.3, -0.25) is 10.00 Å². The highest BCUT2D eigenvalue weighted by Crippen LogP contribution is 2.22. The van der Waals surface area contributed by atoms with E-state index in [0.29, 0.717) is 6.04 Å². The van der Waals surface area contributed by atoms with Gasteiger partial charge in [0.25, 0.3) is 0 Å². The Balaban J connectivity index is 2.02. The maximum atomic E-state index is 5.85. The van der Waals surface area contributed by atoms with E-state index in [1.54, 1.807) is 0 Å². The van der Waals surface area contributed by atoms with Crippen LogP contribution in [0.3, 0.4) is 0 Å². The lowest BCUT2D eigenvalue weighted by Gasteiger charge is -2.34. The minimum Gasteiger partial charge on any atom is -0.329 e. The zero-order chi connectivity index (χ0) is 13.2. The molecule has 0 amide bonds. The Morgan fingerprint density at radius 2 is 2.22 bits per heavy atom. The van der Waals surface area contributed by atoms with Gasteiger partial charge in [0.1, 0.15) is 0 Å². The number of nitrogens with zero attached hydrogens (tertiary/aromatic N) is 2. The van der Waals surface area contributed by atoms with Crippen molar-refractivity contribution in [1.82, 2.24) is 15.1 Å². The Morgan fingerprint density at radius 1 is 1.44 bits per heavy atom. The van der Waals surface area contributed by atoms with Crippen molar-refractivity contribution in [1.29, 1.82) is 0 Å². The van der Waals surface area contributed by atoms with Crippen LogP contribution in [-0.2, 0) is 12.0 Å². The second-order valence-corrected chi connectivity index (χ2v) is 6.38. The third kappa shape index (κ3) is 3.12. The number of aromatic amines is 1. The molecule has 0 bridgehead atoms. The Kier molecular flexibility index (Phi) is 4.07. The molecule has 0 saturated carbocycles. The first kappa shape index (κ1) is 13.6. The molecule has 1 atom stereocenters. The van der Waals surface area contributed by atoms with Crippen LogP contribution in [0.15, 0.2) is 6.07 Å². The number of nitrogens with two attached hydrogens (primary N) is 1. The van der Waals surface area contributed by atoms with Crippen molar-refractivity contribution < 1.29 is 0 Å². The second-order valence-electron chi connectivity index (χ2n) is 6.38. The van der Waals surface area contributed by atoms with E-state index in [2.05, 4.69) is 41.9 Å². The lowest BCUT2D eigenvalue weighted by atomic mass is 9.92. The van der Waals surface area contributed by atoms with E-state index in [9.17, 15) is 0 Å². The Morgan fingerprint density at radius 3 is 2.83 bits per heavy atom. The molecular weight excluding hydrogens is 224 g/mol. The van der Waals surface area contributed by atoms with Crippen LogP contribution in [-0.4, -0.2) is 34.2 Å². The summed E-state index contributed by atoms with van der Waals surface area (Å²) in [5, 5.41) is 7.59. The molecule has 4 heteroatoms. The summed E-state index contributed by atoms with van der Waals surface area (Å²) < 4.78 is 0. The number of hydrogen-bond donors (Lipinski definition) is 2. The summed E-state index contributed by atoms with van der Waals surface area (Å²) in [6.45, 7) is 9.44. The number of rotatable bonds is 3. The van der Waals surface area contributed by atoms with Crippen LogP contribution in [0.2, 0.25) is 0 Å². The molecule has 1 saturated heterocycles. The van der Waals surface area contributed by atoms with Crippen LogP contribution < -0.4 is 5.73 Å². The molecule has 1 aromatic heterocycles. The molecule has 1 aliphatic rings. The smallest absolute Gasteiger partial charge is 0.0678 e. The van der Waals surface area contributed by atoms with Crippen molar-refractivity contribution in [3.05, 3.63) is 17.5 Å². The van der Waals surface area contributed by atoms with E-state index in [1.165, 1.54) is 25.0 Å². The van der Waals surface area contributed by atoms with E-state index in [1.807, 2.05) is 0 Å². The standard InChI is InChI=1S/C14H26N4/c1-14(2,3)13-8-11(16-17-13)10-18-7-5-4-6-12(18)9-15/h8,12H,4-7,9-10,15H2,1-3H3,(H,16,17)/t12-/m0/s1. The number of H-pyrrole nitrogens is 1. The van der Waals surface area contributed by atoms with Crippen LogP contribution in [0.5, 0.6) is 0 Å². The zero-order valence-electron chi connectivity index (χ0n) is 11.9. The fourth-order valence-corrected chi connectivity index (χ4v) is 2.58. The summed E-state index contributed by atoms with van der Waals surface area (Å²) in [4.78, 5) is 2.49. The summed E-state index contributed by atoms with van der Waals surface area (Å²) in [6.07, 6.45) is 3.84. The van der Waals surface area contributed by atoms with Crippen LogP contribution >= 0.6 is 0 Å². The van der Waals surface area contributed by atoms with Gasteiger partial charge < -0.3 is 5.73 Å². The van der Waals surface area contributed by atoms with E-state index in [-0.39, 0.29) is 5.41 Å². The van der Waals surface area contributed by atoms with E-state index < -0.39 is 0 Å². The fourth-order valence-electron chi connectivity index (χ4n) is 2.58. The van der Waals surface area contributed by atoms with Gasteiger partial charge in [-0.15, -0.1) is 0 Å². The maximum Gasteiger partial charge on any atom is 0.0678 e. The van der Waals surface area contributed by atoms with Gasteiger partial charge in [0.15, 0.2) is 0 Å². The highest BCUT2D eigenvalue weighted by molar-refractivity contribution is 5.16. The molecule has 0 radical (unpaired) electrons. The molecule has 18 heavy (non-hydrogen) atoms. The molecule has 0 unspecified atom stereocenters. The SMILES string of the molecule is CC(C)(C)c1cc(CN2CCCC[C@H]2CN)[nH]n1. The van der Waals surface area contributed by atoms with Gasteiger partial charge in [-0.1, -0.05) is 27.2 Å². The predicted octanol–water partition coefficient (Wildman–Crippen LogP) is 2.02. The molecule has 0 aromatic carbocycles. The molecule has 102 valence electrons. The van der Waals surface area contributed by atoms with Gasteiger partial charge in [-0.2, -0.15) is 5.10 Å². The minimum absolute atomic E-state index is 0.115. The Bertz CT molecular complexity index is 377. The molecule has 2 rings (SSSR count). The summed E-state index contributed by atoms with van der Waals surface area (Å²) >= 11 is 0. The summed E-state index contributed by atoms with van der Waals surface area (Å²) in [6, 6.07) is 2.74. The zero-order valence-corrected chi connectivity index (χ0v) is 11.9. The molecule has 3 N–H and O–H groups in total. The molecule has 1 aliphatic heterocycles. The van der Waals surface area contributed by atoms with Gasteiger partial charge in [-0.25, -0.2) is 0 Å². The topological polar surface area (TPSA) is 57.9 Å². The van der Waals surface area contributed by atoms with Crippen molar-refractivity contribution in [2.75, 3.05) is 13.1 Å². The van der Waals surface area contributed by atoms with Gasteiger partial charge in [-0.05, 0) is 25.5 Å². The van der Waals surface area contributed by atoms with Crippen LogP contribution in [0, 0.1) is 0 Å². The first-order valence-corrected chi connectivity index (χ1v) is 6.99. The molecule has 4 nitrogen and oxygen atoms in total. The largest absolute Gasteiger partial charge is 0.329 e. The highest BCUT2D eigenvalue weighted by Gasteiger charge is 2.23. The van der Waals surface area contributed by atoms with E-state index >= 15 is 0 Å². The maximum absolute atomic E-state index is 5.85. The number of likely N-dealkylation sites (tertiary alicyclic amines) is 1. The number of piperidine rings is 1. The third-order valence-electron chi connectivity index (χ3n) is 3.79. The van der Waals surface area contributed by atoms with Crippen molar-refractivity contribution in [3.63, 3.8) is 0 Å². The lowest BCUT2D eigenvalue weighted by molar-refractivity contribution is 0.143. The Labute approximate surface area is 110 Å². The molecular formula is C14H26N4. The molecule has 1 aromatic rings. The lowest BCUT2D eigenvalue weighted by Crippen LogP contribution is -2.43. The summed E-state index contributed by atoms with van der Waals surface area (Å²) in [5.74, 6) is 0. The Hall–Kier alpha value is -0.870. The molecule has 0 aliphatic carbocycles. The van der Waals surface area contributed by atoms with Gasteiger partial charge in [0.2, 0.25) is 0 Å². The van der Waals surface area contributed by atoms with Crippen molar-refractivity contribution >= 4 is 0 Å². The average Bonchev–Trinajstić information content (AvgIpc) is 2.78. The predicted molar refractivity (Wildman–Crippen MR) is 74.4 cm³/mol.